The van der Waals surface area contributed by atoms with E-state index in [2.05, 4.69) is 46.8 Å². The Bertz CT molecular complexity index is 1040. The van der Waals surface area contributed by atoms with Crippen LogP contribution in [-0.4, -0.2) is 41.5 Å². The normalized spacial score (nSPS) is 13.3. The molecular formula is C24H26N4O2S. The number of likely N-dealkylation sites (tertiary alicyclic amines) is 1. The maximum Gasteiger partial charge on any atom is 0.319 e. The lowest BCUT2D eigenvalue weighted by atomic mass is 10.2. The number of anilines is 1. The molecule has 1 fully saturated rings. The minimum atomic E-state index is -0.271. The SMILES string of the molecule is Cc1ccc(-c2nc(CCNC(=O)Nc3ccc(C(=O)N4CCCC4)cc3)cs2)cc1. The molecule has 1 aliphatic heterocycles. The number of nitrogens with zero attached hydrogens (tertiary/aromatic N) is 2. The monoisotopic (exact) mass is 434 g/mol. The number of hydrogen-bond donors (Lipinski definition) is 2. The maximum absolute atomic E-state index is 12.4. The van der Waals surface area contributed by atoms with Crippen molar-refractivity contribution in [2.45, 2.75) is 26.2 Å². The Labute approximate surface area is 186 Å². The quantitative estimate of drug-likeness (QED) is 0.590. The van der Waals surface area contributed by atoms with Gasteiger partial charge in [-0.25, -0.2) is 9.78 Å². The number of carbonyl (C=O) groups excluding carboxylic acids is 2. The summed E-state index contributed by atoms with van der Waals surface area (Å²) in [6, 6.07) is 15.1. The van der Waals surface area contributed by atoms with E-state index in [0.717, 1.165) is 42.2 Å². The summed E-state index contributed by atoms with van der Waals surface area (Å²) in [6.45, 7) is 4.21. The van der Waals surface area contributed by atoms with Gasteiger partial charge in [0.15, 0.2) is 0 Å². The lowest BCUT2D eigenvalue weighted by molar-refractivity contribution is 0.0793. The predicted molar refractivity (Wildman–Crippen MR) is 125 cm³/mol. The van der Waals surface area contributed by atoms with Crippen molar-refractivity contribution in [3.8, 4) is 10.6 Å². The van der Waals surface area contributed by atoms with Crippen LogP contribution in [0.25, 0.3) is 10.6 Å². The van der Waals surface area contributed by atoms with Gasteiger partial charge < -0.3 is 15.5 Å². The highest BCUT2D eigenvalue weighted by Gasteiger charge is 2.19. The fraction of sp³-hybridized carbons (Fsp3) is 0.292. The Morgan fingerprint density at radius 3 is 2.45 bits per heavy atom. The molecule has 7 heteroatoms. The Hall–Kier alpha value is -3.19. The van der Waals surface area contributed by atoms with Crippen LogP contribution >= 0.6 is 11.3 Å². The van der Waals surface area contributed by atoms with E-state index in [-0.39, 0.29) is 11.9 Å². The summed E-state index contributed by atoms with van der Waals surface area (Å²) in [4.78, 5) is 31.1. The first-order chi connectivity index (χ1) is 15.1. The number of urea groups is 1. The number of aromatic nitrogens is 1. The van der Waals surface area contributed by atoms with Crippen LogP contribution in [0, 0.1) is 6.92 Å². The standard InChI is InChI=1S/C24H26N4O2S/c1-17-4-6-18(7-5-17)22-26-21(16-31-22)12-13-25-24(30)27-20-10-8-19(9-11-20)23(29)28-14-2-3-15-28/h4-11,16H,2-3,12-15H2,1H3,(H2,25,27,30). The molecule has 4 rings (SSSR count). The fourth-order valence-corrected chi connectivity index (χ4v) is 4.39. The van der Waals surface area contributed by atoms with Gasteiger partial charge in [-0.3, -0.25) is 4.79 Å². The minimum Gasteiger partial charge on any atom is -0.339 e. The number of nitrogens with one attached hydrogen (secondary N) is 2. The van der Waals surface area contributed by atoms with Crippen molar-refractivity contribution in [2.75, 3.05) is 25.0 Å². The zero-order chi connectivity index (χ0) is 21.6. The number of hydrogen-bond acceptors (Lipinski definition) is 4. The lowest BCUT2D eigenvalue weighted by Crippen LogP contribution is -2.30. The summed E-state index contributed by atoms with van der Waals surface area (Å²) in [5.74, 6) is 0.0572. The third kappa shape index (κ3) is 5.49. The summed E-state index contributed by atoms with van der Waals surface area (Å²) in [6.07, 6.45) is 2.80. The number of benzene rings is 2. The number of carbonyl (C=O) groups is 2. The zero-order valence-corrected chi connectivity index (χ0v) is 18.4. The van der Waals surface area contributed by atoms with Crippen LogP contribution in [0.3, 0.4) is 0 Å². The van der Waals surface area contributed by atoms with Gasteiger partial charge in [0.25, 0.3) is 5.91 Å². The molecule has 6 nitrogen and oxygen atoms in total. The highest BCUT2D eigenvalue weighted by atomic mass is 32.1. The molecule has 0 saturated carbocycles. The topological polar surface area (TPSA) is 74.3 Å². The Morgan fingerprint density at radius 1 is 1.03 bits per heavy atom. The second-order valence-corrected chi connectivity index (χ2v) is 8.58. The molecule has 2 aromatic carbocycles. The number of amides is 3. The molecule has 0 radical (unpaired) electrons. The molecule has 31 heavy (non-hydrogen) atoms. The molecule has 0 spiro atoms. The van der Waals surface area contributed by atoms with Gasteiger partial charge in [0, 0.05) is 48.2 Å². The Kier molecular flexibility index (Phi) is 6.62. The number of aryl methyl sites for hydroxylation is 1. The average Bonchev–Trinajstić information content (AvgIpc) is 3.47. The van der Waals surface area contributed by atoms with E-state index in [0.29, 0.717) is 24.2 Å². The fourth-order valence-electron chi connectivity index (χ4n) is 3.53. The van der Waals surface area contributed by atoms with Gasteiger partial charge in [-0.05, 0) is 44.0 Å². The molecule has 3 amide bonds. The third-order valence-corrected chi connectivity index (χ3v) is 6.24. The Morgan fingerprint density at radius 2 is 1.74 bits per heavy atom. The van der Waals surface area contributed by atoms with Gasteiger partial charge in [0.05, 0.1) is 5.69 Å². The van der Waals surface area contributed by atoms with Gasteiger partial charge in [0.1, 0.15) is 5.01 Å². The van der Waals surface area contributed by atoms with Crippen molar-refractivity contribution in [1.29, 1.82) is 0 Å². The van der Waals surface area contributed by atoms with E-state index < -0.39 is 0 Å². The summed E-state index contributed by atoms with van der Waals surface area (Å²) in [5.41, 5.74) is 4.61. The summed E-state index contributed by atoms with van der Waals surface area (Å²) >= 11 is 1.61. The largest absolute Gasteiger partial charge is 0.339 e. The highest BCUT2D eigenvalue weighted by Crippen LogP contribution is 2.24. The molecule has 0 bridgehead atoms. The summed E-state index contributed by atoms with van der Waals surface area (Å²) in [7, 11) is 0. The maximum atomic E-state index is 12.4. The van der Waals surface area contributed by atoms with Crippen LogP contribution in [0.4, 0.5) is 10.5 Å². The van der Waals surface area contributed by atoms with Gasteiger partial charge in [-0.1, -0.05) is 29.8 Å². The van der Waals surface area contributed by atoms with Crippen LogP contribution in [0.1, 0.15) is 34.5 Å². The predicted octanol–water partition coefficient (Wildman–Crippen LogP) is 4.72. The van der Waals surface area contributed by atoms with Crippen molar-refractivity contribution in [1.82, 2.24) is 15.2 Å². The highest BCUT2D eigenvalue weighted by molar-refractivity contribution is 7.13. The first-order valence-corrected chi connectivity index (χ1v) is 11.4. The van der Waals surface area contributed by atoms with Crippen LogP contribution in [0.2, 0.25) is 0 Å². The number of thiazole rings is 1. The molecule has 2 heterocycles. The molecule has 2 N–H and O–H groups in total. The van der Waals surface area contributed by atoms with Gasteiger partial charge in [-0.2, -0.15) is 0 Å². The zero-order valence-electron chi connectivity index (χ0n) is 17.6. The second kappa shape index (κ2) is 9.75. The van der Waals surface area contributed by atoms with Crippen LogP contribution in [0.5, 0.6) is 0 Å². The lowest BCUT2D eigenvalue weighted by Gasteiger charge is -2.15. The third-order valence-electron chi connectivity index (χ3n) is 5.30. The molecular weight excluding hydrogens is 408 g/mol. The van der Waals surface area contributed by atoms with Gasteiger partial charge in [0.2, 0.25) is 0 Å². The summed E-state index contributed by atoms with van der Waals surface area (Å²) < 4.78 is 0. The average molecular weight is 435 g/mol. The van der Waals surface area contributed by atoms with Gasteiger partial charge >= 0.3 is 6.03 Å². The molecule has 0 atom stereocenters. The first-order valence-electron chi connectivity index (χ1n) is 10.5. The summed E-state index contributed by atoms with van der Waals surface area (Å²) in [5, 5.41) is 8.69. The first kappa shape index (κ1) is 21.1. The molecule has 0 aliphatic carbocycles. The molecule has 3 aromatic rings. The van der Waals surface area contributed by atoms with E-state index in [4.69, 9.17) is 0 Å². The Balaban J connectivity index is 1.23. The van der Waals surface area contributed by atoms with E-state index in [1.165, 1.54) is 5.56 Å². The minimum absolute atomic E-state index is 0.0572. The molecule has 1 aromatic heterocycles. The van der Waals surface area contributed by atoms with Crippen LogP contribution in [-0.2, 0) is 6.42 Å². The van der Waals surface area contributed by atoms with Crippen molar-refractivity contribution < 1.29 is 9.59 Å². The van der Waals surface area contributed by atoms with E-state index >= 15 is 0 Å². The molecule has 1 saturated heterocycles. The van der Waals surface area contributed by atoms with Gasteiger partial charge in [-0.15, -0.1) is 11.3 Å². The van der Waals surface area contributed by atoms with Crippen molar-refractivity contribution in [3.05, 3.63) is 70.7 Å². The number of rotatable bonds is 6. The van der Waals surface area contributed by atoms with Crippen LogP contribution in [0.15, 0.2) is 53.9 Å². The van der Waals surface area contributed by atoms with Crippen molar-refractivity contribution in [3.63, 3.8) is 0 Å². The van der Waals surface area contributed by atoms with E-state index in [1.807, 2.05) is 10.3 Å². The van der Waals surface area contributed by atoms with Crippen LogP contribution < -0.4 is 10.6 Å². The van der Waals surface area contributed by atoms with E-state index in [1.54, 1.807) is 35.6 Å². The van der Waals surface area contributed by atoms with Crippen molar-refractivity contribution >= 4 is 29.0 Å². The van der Waals surface area contributed by atoms with E-state index in [9.17, 15) is 9.59 Å². The van der Waals surface area contributed by atoms with Crippen molar-refractivity contribution in [2.24, 2.45) is 0 Å². The molecule has 1 aliphatic rings. The smallest absolute Gasteiger partial charge is 0.319 e. The molecule has 0 unspecified atom stereocenters. The second-order valence-electron chi connectivity index (χ2n) is 7.72. The molecule has 160 valence electrons.